The fourth-order valence-corrected chi connectivity index (χ4v) is 1.66. The summed E-state index contributed by atoms with van der Waals surface area (Å²) >= 11 is 2.99. The van der Waals surface area contributed by atoms with Crippen LogP contribution in [0.4, 0.5) is 10.1 Å². The van der Waals surface area contributed by atoms with Gasteiger partial charge in [0.1, 0.15) is 6.07 Å². The number of halogens is 2. The van der Waals surface area contributed by atoms with Gasteiger partial charge in [-0.05, 0) is 28.1 Å². The normalized spacial score (nSPS) is 9.62. The number of nitrogens with two attached hydrogens (primary N) is 1. The van der Waals surface area contributed by atoms with Crippen molar-refractivity contribution in [2.75, 3.05) is 18.5 Å². The molecule has 0 fully saturated rings. The first kappa shape index (κ1) is 12.5. The Morgan fingerprint density at radius 2 is 2.31 bits per heavy atom. The number of anilines is 1. The number of benzene rings is 1. The van der Waals surface area contributed by atoms with Gasteiger partial charge in [0.15, 0.2) is 5.82 Å². The van der Waals surface area contributed by atoms with E-state index in [2.05, 4.69) is 15.9 Å². The summed E-state index contributed by atoms with van der Waals surface area (Å²) in [6.45, 7) is -0.0880. The van der Waals surface area contributed by atoms with Gasteiger partial charge < -0.3 is 10.6 Å². The monoisotopic (exact) mass is 285 g/mol. The Morgan fingerprint density at radius 3 is 2.81 bits per heavy atom. The zero-order valence-corrected chi connectivity index (χ0v) is 10.1. The van der Waals surface area contributed by atoms with E-state index in [4.69, 9.17) is 11.0 Å². The van der Waals surface area contributed by atoms with E-state index in [-0.39, 0.29) is 22.3 Å². The Balaban J connectivity index is 3.13. The molecule has 1 amide bonds. The van der Waals surface area contributed by atoms with Gasteiger partial charge in [0.25, 0.3) is 0 Å². The zero-order valence-electron chi connectivity index (χ0n) is 8.50. The number of nitrogens with zero attached hydrogens (tertiary/aromatic N) is 2. The van der Waals surface area contributed by atoms with E-state index in [1.165, 1.54) is 17.0 Å². The number of hydrogen-bond acceptors (Lipinski definition) is 3. The number of amides is 1. The fraction of sp³-hybridized carbons (Fsp3) is 0.200. The topological polar surface area (TPSA) is 70.1 Å². The Kier molecular flexibility index (Phi) is 3.85. The quantitative estimate of drug-likeness (QED) is 0.912. The maximum absolute atomic E-state index is 13.8. The van der Waals surface area contributed by atoms with Crippen molar-refractivity contribution in [3.05, 3.63) is 28.0 Å². The number of carbonyl (C=O) groups excluding carboxylic acids is 1. The van der Waals surface area contributed by atoms with Crippen molar-refractivity contribution in [2.24, 2.45) is 5.73 Å². The maximum atomic E-state index is 13.8. The smallest absolute Gasteiger partial charge is 0.236 e. The minimum atomic E-state index is -0.581. The van der Waals surface area contributed by atoms with Gasteiger partial charge >= 0.3 is 0 Å². The first-order valence-corrected chi connectivity index (χ1v) is 5.14. The van der Waals surface area contributed by atoms with E-state index >= 15 is 0 Å². The van der Waals surface area contributed by atoms with E-state index in [0.717, 1.165) is 0 Å². The minimum Gasteiger partial charge on any atom is -0.368 e. The fourth-order valence-electron chi connectivity index (χ4n) is 1.24. The molecular weight excluding hydrogens is 277 g/mol. The van der Waals surface area contributed by atoms with Crippen molar-refractivity contribution in [3.8, 4) is 6.07 Å². The molecule has 4 nitrogen and oxygen atoms in total. The molecule has 0 saturated heterocycles. The molecule has 1 rings (SSSR count). The standard InChI is InChI=1S/C10H9BrFN3O/c1-15(5-8(14)16)7-3-2-6(4-13)9(11)10(7)12/h2-3H,5H2,1H3,(H2,14,16). The average molecular weight is 286 g/mol. The lowest BCUT2D eigenvalue weighted by molar-refractivity contribution is -0.116. The highest BCUT2D eigenvalue weighted by Gasteiger charge is 2.15. The van der Waals surface area contributed by atoms with Gasteiger partial charge in [0, 0.05) is 7.05 Å². The Labute approximate surface area is 101 Å². The number of primary amides is 1. The SMILES string of the molecule is CN(CC(N)=O)c1ccc(C#N)c(Br)c1F. The molecule has 0 aliphatic heterocycles. The molecule has 0 atom stereocenters. The van der Waals surface area contributed by atoms with Gasteiger partial charge in [0.2, 0.25) is 5.91 Å². The van der Waals surface area contributed by atoms with E-state index in [0.29, 0.717) is 0 Å². The van der Waals surface area contributed by atoms with Crippen molar-refractivity contribution < 1.29 is 9.18 Å². The molecule has 0 saturated carbocycles. The molecule has 0 aliphatic rings. The summed E-state index contributed by atoms with van der Waals surface area (Å²) in [5.74, 6) is -1.13. The third kappa shape index (κ3) is 2.49. The summed E-state index contributed by atoms with van der Waals surface area (Å²) < 4.78 is 13.8. The van der Waals surface area contributed by atoms with Crippen LogP contribution in [0.5, 0.6) is 0 Å². The number of rotatable bonds is 3. The molecule has 16 heavy (non-hydrogen) atoms. The molecule has 1 aromatic carbocycles. The molecule has 0 radical (unpaired) electrons. The summed E-state index contributed by atoms with van der Waals surface area (Å²) in [5, 5.41) is 8.68. The lowest BCUT2D eigenvalue weighted by Crippen LogP contribution is -2.31. The molecule has 0 heterocycles. The molecule has 0 aromatic heterocycles. The number of likely N-dealkylation sites (N-methyl/N-ethyl adjacent to an activating group) is 1. The van der Waals surface area contributed by atoms with E-state index < -0.39 is 11.7 Å². The van der Waals surface area contributed by atoms with Crippen LogP contribution in [0.1, 0.15) is 5.56 Å². The minimum absolute atomic E-state index is 0.0869. The Bertz CT molecular complexity index is 470. The van der Waals surface area contributed by atoms with E-state index in [9.17, 15) is 9.18 Å². The van der Waals surface area contributed by atoms with Crippen LogP contribution in [0.2, 0.25) is 0 Å². The van der Waals surface area contributed by atoms with E-state index in [1.54, 1.807) is 7.05 Å². The van der Waals surface area contributed by atoms with Crippen LogP contribution in [0.3, 0.4) is 0 Å². The number of carbonyl (C=O) groups is 1. The van der Waals surface area contributed by atoms with Crippen LogP contribution in [0.25, 0.3) is 0 Å². The summed E-state index contributed by atoms with van der Waals surface area (Å²) in [7, 11) is 1.54. The highest BCUT2D eigenvalue weighted by Crippen LogP contribution is 2.28. The first-order chi connectivity index (χ1) is 7.47. The van der Waals surface area contributed by atoms with Gasteiger partial charge in [-0.2, -0.15) is 5.26 Å². The molecule has 0 unspecified atom stereocenters. The van der Waals surface area contributed by atoms with Gasteiger partial charge in [-0.1, -0.05) is 0 Å². The Hall–Kier alpha value is -1.61. The molecule has 0 bridgehead atoms. The third-order valence-electron chi connectivity index (χ3n) is 1.99. The van der Waals surface area contributed by atoms with Crippen molar-refractivity contribution in [3.63, 3.8) is 0 Å². The molecule has 1 aromatic rings. The van der Waals surface area contributed by atoms with Crippen molar-refractivity contribution in [1.29, 1.82) is 5.26 Å². The van der Waals surface area contributed by atoms with Crippen molar-refractivity contribution in [2.45, 2.75) is 0 Å². The van der Waals surface area contributed by atoms with Crippen molar-refractivity contribution in [1.82, 2.24) is 0 Å². The number of hydrogen-bond donors (Lipinski definition) is 1. The highest BCUT2D eigenvalue weighted by atomic mass is 79.9. The number of nitriles is 1. The second kappa shape index (κ2) is 4.94. The highest BCUT2D eigenvalue weighted by molar-refractivity contribution is 9.10. The van der Waals surface area contributed by atoms with Gasteiger partial charge in [-0.25, -0.2) is 4.39 Å². The third-order valence-corrected chi connectivity index (χ3v) is 2.76. The van der Waals surface area contributed by atoms with Crippen LogP contribution in [-0.4, -0.2) is 19.5 Å². The predicted molar refractivity (Wildman–Crippen MR) is 61.3 cm³/mol. The summed E-state index contributed by atoms with van der Waals surface area (Å²) in [6, 6.07) is 4.75. The lowest BCUT2D eigenvalue weighted by Gasteiger charge is -2.18. The van der Waals surface area contributed by atoms with E-state index in [1.807, 2.05) is 6.07 Å². The molecule has 84 valence electrons. The molecule has 2 N–H and O–H groups in total. The first-order valence-electron chi connectivity index (χ1n) is 4.35. The summed E-state index contributed by atoms with van der Waals surface area (Å²) in [4.78, 5) is 12.1. The molecule has 6 heteroatoms. The molecular formula is C10H9BrFN3O. The summed E-state index contributed by atoms with van der Waals surface area (Å²) in [6.07, 6.45) is 0. The maximum Gasteiger partial charge on any atom is 0.236 e. The van der Waals surface area contributed by atoms with Crippen LogP contribution in [0, 0.1) is 17.1 Å². The van der Waals surface area contributed by atoms with Crippen LogP contribution < -0.4 is 10.6 Å². The molecule has 0 spiro atoms. The largest absolute Gasteiger partial charge is 0.368 e. The van der Waals surface area contributed by atoms with Crippen LogP contribution >= 0.6 is 15.9 Å². The van der Waals surface area contributed by atoms with Crippen LogP contribution in [-0.2, 0) is 4.79 Å². The second-order valence-corrected chi connectivity index (χ2v) is 3.99. The average Bonchev–Trinajstić information content (AvgIpc) is 2.20. The van der Waals surface area contributed by atoms with Crippen LogP contribution in [0.15, 0.2) is 16.6 Å². The van der Waals surface area contributed by atoms with Gasteiger partial charge in [-0.3, -0.25) is 4.79 Å². The van der Waals surface area contributed by atoms with Gasteiger partial charge in [0.05, 0.1) is 22.3 Å². The van der Waals surface area contributed by atoms with Gasteiger partial charge in [-0.15, -0.1) is 0 Å². The second-order valence-electron chi connectivity index (χ2n) is 3.19. The molecule has 0 aliphatic carbocycles. The Morgan fingerprint density at radius 1 is 1.69 bits per heavy atom. The summed E-state index contributed by atoms with van der Waals surface area (Å²) in [5.41, 5.74) is 5.42. The predicted octanol–water partition coefficient (Wildman–Crippen LogP) is 1.38. The zero-order chi connectivity index (χ0) is 12.3. The lowest BCUT2D eigenvalue weighted by atomic mass is 10.2. The van der Waals surface area contributed by atoms with Crippen molar-refractivity contribution >= 4 is 27.5 Å².